The Balaban J connectivity index is 1.88. The van der Waals surface area contributed by atoms with E-state index < -0.39 is 0 Å². The van der Waals surface area contributed by atoms with E-state index in [1.54, 1.807) is 0 Å². The average Bonchev–Trinajstić information content (AvgIpc) is 2.97. The van der Waals surface area contributed by atoms with Crippen LogP contribution in [0.5, 0.6) is 0 Å². The number of hydrogen-bond acceptors (Lipinski definition) is 5. The van der Waals surface area contributed by atoms with E-state index in [0.29, 0.717) is 31.2 Å². The Kier molecular flexibility index (Phi) is 5.45. The molecule has 6 nitrogen and oxygen atoms in total. The second-order valence-electron chi connectivity index (χ2n) is 4.70. The molecule has 1 aromatic heterocycles. The van der Waals surface area contributed by atoms with Gasteiger partial charge in [-0.15, -0.1) is 0 Å². The summed E-state index contributed by atoms with van der Waals surface area (Å²) < 4.78 is 5.19. The number of amides is 1. The van der Waals surface area contributed by atoms with Crippen molar-refractivity contribution in [2.24, 2.45) is 5.73 Å². The van der Waals surface area contributed by atoms with Crippen LogP contribution >= 0.6 is 0 Å². The zero-order valence-electron chi connectivity index (χ0n) is 12.1. The Morgan fingerprint density at radius 3 is 2.71 bits per heavy atom. The van der Waals surface area contributed by atoms with Crippen molar-refractivity contribution in [2.75, 3.05) is 13.1 Å². The number of carbonyl (C=O) groups excluding carboxylic acids is 1. The molecule has 0 aliphatic rings. The predicted octanol–water partition coefficient (Wildman–Crippen LogP) is 1.31. The molecule has 1 amide bonds. The fraction of sp³-hybridized carbons (Fsp3) is 0.400. The van der Waals surface area contributed by atoms with Crippen molar-refractivity contribution in [3.05, 3.63) is 35.7 Å². The summed E-state index contributed by atoms with van der Waals surface area (Å²) in [5.74, 6) is 1.23. The standard InChI is InChI=1S/C15H20N4O2/c1-2-13-18-15(21-19-13)12-5-3-11(4-6-12)8-10-17-14(20)7-9-16/h3-6H,2,7-10,16H2,1H3,(H,17,20). The molecule has 0 saturated heterocycles. The van der Waals surface area contributed by atoms with Gasteiger partial charge in [-0.25, -0.2) is 0 Å². The molecule has 21 heavy (non-hydrogen) atoms. The lowest BCUT2D eigenvalue weighted by Crippen LogP contribution is -2.27. The number of benzene rings is 1. The van der Waals surface area contributed by atoms with E-state index >= 15 is 0 Å². The minimum atomic E-state index is -0.00734. The number of nitrogens with two attached hydrogens (primary N) is 1. The van der Waals surface area contributed by atoms with E-state index in [9.17, 15) is 4.79 Å². The van der Waals surface area contributed by atoms with E-state index in [1.165, 1.54) is 0 Å². The summed E-state index contributed by atoms with van der Waals surface area (Å²) in [5, 5.41) is 6.71. The van der Waals surface area contributed by atoms with Crippen LogP contribution in [0.2, 0.25) is 0 Å². The molecule has 0 bridgehead atoms. The number of hydrogen-bond donors (Lipinski definition) is 2. The zero-order chi connectivity index (χ0) is 15.1. The van der Waals surface area contributed by atoms with Gasteiger partial charge in [0, 0.05) is 31.5 Å². The van der Waals surface area contributed by atoms with E-state index in [4.69, 9.17) is 10.3 Å². The molecule has 0 unspecified atom stereocenters. The van der Waals surface area contributed by atoms with Crippen molar-refractivity contribution in [3.63, 3.8) is 0 Å². The third-order valence-electron chi connectivity index (χ3n) is 3.09. The fourth-order valence-corrected chi connectivity index (χ4v) is 1.89. The van der Waals surface area contributed by atoms with Crippen molar-refractivity contribution in [2.45, 2.75) is 26.2 Å². The van der Waals surface area contributed by atoms with Gasteiger partial charge in [0.25, 0.3) is 5.89 Å². The molecule has 0 saturated carbocycles. The van der Waals surface area contributed by atoms with Crippen LogP contribution in [0.15, 0.2) is 28.8 Å². The summed E-state index contributed by atoms with van der Waals surface area (Å²) >= 11 is 0. The maximum atomic E-state index is 11.3. The van der Waals surface area contributed by atoms with Crippen LogP contribution in [-0.4, -0.2) is 29.1 Å². The van der Waals surface area contributed by atoms with E-state index in [1.807, 2.05) is 31.2 Å². The number of nitrogens with one attached hydrogen (secondary N) is 1. The zero-order valence-corrected chi connectivity index (χ0v) is 12.1. The smallest absolute Gasteiger partial charge is 0.257 e. The first-order valence-electron chi connectivity index (χ1n) is 7.11. The molecule has 3 N–H and O–H groups in total. The molecule has 0 radical (unpaired) electrons. The van der Waals surface area contributed by atoms with Crippen LogP contribution < -0.4 is 11.1 Å². The summed E-state index contributed by atoms with van der Waals surface area (Å²) in [6.45, 7) is 2.97. The second kappa shape index (κ2) is 7.54. The Labute approximate surface area is 123 Å². The molecule has 0 aliphatic heterocycles. The summed E-state index contributed by atoms with van der Waals surface area (Å²) in [6.07, 6.45) is 1.90. The third kappa shape index (κ3) is 4.39. The lowest BCUT2D eigenvalue weighted by atomic mass is 10.1. The molecule has 0 atom stereocenters. The van der Waals surface area contributed by atoms with E-state index in [-0.39, 0.29) is 5.91 Å². The highest BCUT2D eigenvalue weighted by molar-refractivity contribution is 5.76. The Hall–Kier alpha value is -2.21. The summed E-state index contributed by atoms with van der Waals surface area (Å²) in [6, 6.07) is 7.90. The number of rotatable bonds is 7. The maximum absolute atomic E-state index is 11.3. The van der Waals surface area contributed by atoms with Gasteiger partial charge >= 0.3 is 0 Å². The molecular weight excluding hydrogens is 268 g/mol. The molecule has 1 heterocycles. The highest BCUT2D eigenvalue weighted by atomic mass is 16.5. The monoisotopic (exact) mass is 288 g/mol. The van der Waals surface area contributed by atoms with Crippen LogP contribution in [0.3, 0.4) is 0 Å². The number of carbonyl (C=O) groups is 1. The highest BCUT2D eigenvalue weighted by Crippen LogP contribution is 2.18. The molecular formula is C15H20N4O2. The minimum Gasteiger partial charge on any atom is -0.356 e. The average molecular weight is 288 g/mol. The van der Waals surface area contributed by atoms with Gasteiger partial charge in [0.15, 0.2) is 5.82 Å². The number of aryl methyl sites for hydroxylation is 1. The highest BCUT2D eigenvalue weighted by Gasteiger charge is 2.07. The lowest BCUT2D eigenvalue weighted by molar-refractivity contribution is -0.120. The number of nitrogens with zero attached hydrogens (tertiary/aromatic N) is 2. The van der Waals surface area contributed by atoms with Gasteiger partial charge in [0.05, 0.1) is 0 Å². The molecule has 6 heteroatoms. The van der Waals surface area contributed by atoms with Gasteiger partial charge in [0.2, 0.25) is 5.91 Å². The Morgan fingerprint density at radius 1 is 1.33 bits per heavy atom. The van der Waals surface area contributed by atoms with Gasteiger partial charge < -0.3 is 15.6 Å². The molecule has 2 rings (SSSR count). The molecule has 112 valence electrons. The first-order valence-corrected chi connectivity index (χ1v) is 7.11. The molecule has 0 spiro atoms. The van der Waals surface area contributed by atoms with Gasteiger partial charge in [-0.1, -0.05) is 24.2 Å². The van der Waals surface area contributed by atoms with E-state index in [0.717, 1.165) is 24.0 Å². The molecule has 0 fully saturated rings. The lowest BCUT2D eigenvalue weighted by Gasteiger charge is -2.04. The van der Waals surface area contributed by atoms with Crippen LogP contribution in [0.1, 0.15) is 24.7 Å². The van der Waals surface area contributed by atoms with Crippen molar-refractivity contribution in [1.29, 1.82) is 0 Å². The van der Waals surface area contributed by atoms with Gasteiger partial charge in [-0.2, -0.15) is 4.98 Å². The van der Waals surface area contributed by atoms with Gasteiger partial charge in [-0.05, 0) is 24.1 Å². The van der Waals surface area contributed by atoms with Crippen LogP contribution in [0, 0.1) is 0 Å². The maximum Gasteiger partial charge on any atom is 0.257 e. The van der Waals surface area contributed by atoms with Crippen molar-refractivity contribution in [1.82, 2.24) is 15.5 Å². The summed E-state index contributed by atoms with van der Waals surface area (Å²) in [4.78, 5) is 15.6. The van der Waals surface area contributed by atoms with Crippen molar-refractivity contribution in [3.8, 4) is 11.5 Å². The van der Waals surface area contributed by atoms with Gasteiger partial charge in [-0.3, -0.25) is 4.79 Å². The Morgan fingerprint density at radius 2 is 2.10 bits per heavy atom. The summed E-state index contributed by atoms with van der Waals surface area (Å²) in [5.41, 5.74) is 7.36. The quantitative estimate of drug-likeness (QED) is 0.801. The first kappa shape index (κ1) is 15.2. The predicted molar refractivity (Wildman–Crippen MR) is 79.5 cm³/mol. The van der Waals surface area contributed by atoms with Crippen molar-refractivity contribution < 1.29 is 9.32 Å². The Bertz CT molecular complexity index is 578. The van der Waals surface area contributed by atoms with Crippen LogP contribution in [0.25, 0.3) is 11.5 Å². The molecule has 1 aromatic carbocycles. The van der Waals surface area contributed by atoms with E-state index in [2.05, 4.69) is 15.5 Å². The normalized spacial score (nSPS) is 10.6. The van der Waals surface area contributed by atoms with Crippen LogP contribution in [0.4, 0.5) is 0 Å². The number of aromatic nitrogens is 2. The minimum absolute atomic E-state index is 0.00734. The van der Waals surface area contributed by atoms with Gasteiger partial charge in [0.1, 0.15) is 0 Å². The van der Waals surface area contributed by atoms with Crippen molar-refractivity contribution >= 4 is 5.91 Å². The topological polar surface area (TPSA) is 94.0 Å². The van der Waals surface area contributed by atoms with Crippen LogP contribution in [-0.2, 0) is 17.6 Å². The SMILES string of the molecule is CCc1noc(-c2ccc(CCNC(=O)CCN)cc2)n1. The fourth-order valence-electron chi connectivity index (χ4n) is 1.89. The first-order chi connectivity index (χ1) is 10.2. The summed E-state index contributed by atoms with van der Waals surface area (Å²) in [7, 11) is 0. The molecule has 2 aromatic rings. The largest absolute Gasteiger partial charge is 0.356 e. The second-order valence-corrected chi connectivity index (χ2v) is 4.70. The third-order valence-corrected chi connectivity index (χ3v) is 3.09. The molecule has 0 aliphatic carbocycles.